The maximum atomic E-state index is 12.4. The number of sulfone groups is 2. The Kier molecular flexibility index (Phi) is 6.12. The van der Waals surface area contributed by atoms with Gasteiger partial charge in [-0.15, -0.1) is 0 Å². The van der Waals surface area contributed by atoms with Crippen LogP contribution in [0.5, 0.6) is 0 Å². The molecule has 0 aliphatic heterocycles. The molecule has 0 aliphatic carbocycles. The predicted octanol–water partition coefficient (Wildman–Crippen LogP) is 5.47. The van der Waals surface area contributed by atoms with Crippen molar-refractivity contribution in [3.8, 4) is 22.3 Å². The van der Waals surface area contributed by atoms with Crippen molar-refractivity contribution < 1.29 is 16.8 Å². The molecule has 0 aliphatic rings. The minimum atomic E-state index is -3.32. The molecule has 0 bridgehead atoms. The highest BCUT2D eigenvalue weighted by atomic mass is 32.2. The van der Waals surface area contributed by atoms with Crippen molar-refractivity contribution in [3.05, 3.63) is 84.6 Å². The molecule has 1 heterocycles. The molecule has 0 spiro atoms. The van der Waals surface area contributed by atoms with E-state index in [1.165, 1.54) is 12.5 Å². The average molecular weight is 480 g/mol. The Labute approximate surface area is 195 Å². The molecule has 5 nitrogen and oxygen atoms in total. The van der Waals surface area contributed by atoms with Crippen LogP contribution < -0.4 is 0 Å². The van der Waals surface area contributed by atoms with Crippen LogP contribution in [-0.2, 0) is 19.7 Å². The molecular weight excluding hydrogens is 454 g/mol. The summed E-state index contributed by atoms with van der Waals surface area (Å²) in [6, 6.07) is 22.2. The predicted molar refractivity (Wildman–Crippen MR) is 134 cm³/mol. The second-order valence-corrected chi connectivity index (χ2v) is 12.5. The Bertz CT molecular complexity index is 1560. The SMILES string of the molecule is CCC(c1cc(-c2cccc(-c3cccc(S(C)(=O)=O)c3)c2)c2ncccc2c1)S(C)(=O)=O. The fraction of sp³-hybridized carbons (Fsp3) is 0.192. The van der Waals surface area contributed by atoms with Crippen molar-refractivity contribution in [2.75, 3.05) is 12.5 Å². The van der Waals surface area contributed by atoms with E-state index in [9.17, 15) is 16.8 Å². The van der Waals surface area contributed by atoms with Crippen LogP contribution in [0.3, 0.4) is 0 Å². The van der Waals surface area contributed by atoms with E-state index in [2.05, 4.69) is 4.98 Å². The van der Waals surface area contributed by atoms with E-state index in [1.54, 1.807) is 24.4 Å². The summed E-state index contributed by atoms with van der Waals surface area (Å²) in [5, 5.41) is 0.270. The monoisotopic (exact) mass is 479 g/mol. The van der Waals surface area contributed by atoms with Crippen LogP contribution in [-0.4, -0.2) is 34.3 Å². The lowest BCUT2D eigenvalue weighted by Gasteiger charge is -2.17. The number of rotatable bonds is 6. The van der Waals surface area contributed by atoms with Gasteiger partial charge in [0.25, 0.3) is 0 Å². The number of hydrogen-bond acceptors (Lipinski definition) is 5. The molecule has 33 heavy (non-hydrogen) atoms. The summed E-state index contributed by atoms with van der Waals surface area (Å²) in [4.78, 5) is 4.83. The molecule has 170 valence electrons. The van der Waals surface area contributed by atoms with Gasteiger partial charge < -0.3 is 0 Å². The Morgan fingerprint density at radius 3 is 2.12 bits per heavy atom. The quantitative estimate of drug-likeness (QED) is 0.366. The van der Waals surface area contributed by atoms with Gasteiger partial charge in [-0.2, -0.15) is 0 Å². The van der Waals surface area contributed by atoms with Gasteiger partial charge in [0.1, 0.15) is 0 Å². The van der Waals surface area contributed by atoms with Crippen molar-refractivity contribution in [1.29, 1.82) is 0 Å². The zero-order valence-corrected chi connectivity index (χ0v) is 20.3. The summed E-state index contributed by atoms with van der Waals surface area (Å²) < 4.78 is 48.9. The molecule has 1 unspecified atom stereocenters. The summed E-state index contributed by atoms with van der Waals surface area (Å²) in [5.41, 5.74) is 4.89. The molecule has 0 N–H and O–H groups in total. The minimum Gasteiger partial charge on any atom is -0.256 e. The van der Waals surface area contributed by atoms with Crippen LogP contribution in [0.25, 0.3) is 33.2 Å². The zero-order valence-electron chi connectivity index (χ0n) is 18.7. The van der Waals surface area contributed by atoms with Gasteiger partial charge in [-0.3, -0.25) is 4.98 Å². The van der Waals surface area contributed by atoms with Gasteiger partial charge >= 0.3 is 0 Å². The fourth-order valence-electron chi connectivity index (χ4n) is 4.18. The van der Waals surface area contributed by atoms with Crippen LogP contribution in [0.2, 0.25) is 0 Å². The second kappa shape index (κ2) is 8.72. The Morgan fingerprint density at radius 2 is 1.45 bits per heavy atom. The minimum absolute atomic E-state index is 0.262. The fourth-order valence-corrected chi connectivity index (χ4v) is 6.08. The third-order valence-corrected chi connectivity index (χ3v) is 8.51. The highest BCUT2D eigenvalue weighted by Gasteiger charge is 2.22. The first-order valence-electron chi connectivity index (χ1n) is 10.6. The van der Waals surface area contributed by atoms with Gasteiger partial charge in [0.05, 0.1) is 15.7 Å². The Balaban J connectivity index is 1.92. The number of aromatic nitrogens is 1. The maximum absolute atomic E-state index is 12.4. The summed E-state index contributed by atoms with van der Waals surface area (Å²) in [6.07, 6.45) is 4.66. The van der Waals surface area contributed by atoms with Crippen LogP contribution in [0.4, 0.5) is 0 Å². The number of hydrogen-bond donors (Lipinski definition) is 0. The molecule has 1 atom stereocenters. The highest BCUT2D eigenvalue weighted by Crippen LogP contribution is 2.36. The van der Waals surface area contributed by atoms with Gasteiger partial charge in [-0.1, -0.05) is 43.3 Å². The number of pyridine rings is 1. The molecule has 0 saturated heterocycles. The summed E-state index contributed by atoms with van der Waals surface area (Å²) in [6.45, 7) is 1.87. The molecule has 0 saturated carbocycles. The third kappa shape index (κ3) is 4.84. The second-order valence-electron chi connectivity index (χ2n) is 8.25. The topological polar surface area (TPSA) is 81.2 Å². The van der Waals surface area contributed by atoms with E-state index in [-0.39, 0.29) is 4.90 Å². The van der Waals surface area contributed by atoms with Crippen LogP contribution in [0.1, 0.15) is 24.2 Å². The first kappa shape index (κ1) is 23.1. The first-order valence-corrected chi connectivity index (χ1v) is 14.4. The smallest absolute Gasteiger partial charge is 0.175 e. The number of nitrogens with zero attached hydrogens (tertiary/aromatic N) is 1. The standard InChI is InChI=1S/C26H25NO4S2/c1-4-25(33(3,30)31)22-15-21-11-7-13-27-26(21)24(17-22)20-10-5-8-18(14-20)19-9-6-12-23(16-19)32(2,28)29/h5-17,25H,4H2,1-3H3. The summed E-state index contributed by atoms with van der Waals surface area (Å²) in [7, 11) is -6.61. The van der Waals surface area contributed by atoms with Crippen LogP contribution in [0, 0.1) is 0 Å². The van der Waals surface area contributed by atoms with Gasteiger partial charge in [-0.25, -0.2) is 16.8 Å². The highest BCUT2D eigenvalue weighted by molar-refractivity contribution is 7.91. The Hall–Kier alpha value is -3.03. The van der Waals surface area contributed by atoms with Crippen molar-refractivity contribution in [2.45, 2.75) is 23.5 Å². The van der Waals surface area contributed by atoms with E-state index in [0.29, 0.717) is 6.42 Å². The van der Waals surface area contributed by atoms with Crippen molar-refractivity contribution in [2.24, 2.45) is 0 Å². The molecule has 0 amide bonds. The zero-order chi connectivity index (χ0) is 23.8. The van der Waals surface area contributed by atoms with Crippen molar-refractivity contribution >= 4 is 30.6 Å². The number of fused-ring (bicyclic) bond motifs is 1. The molecule has 3 aromatic carbocycles. The van der Waals surface area contributed by atoms with Crippen molar-refractivity contribution in [1.82, 2.24) is 4.98 Å². The van der Waals surface area contributed by atoms with Gasteiger partial charge in [-0.05, 0) is 65.1 Å². The normalized spacial score (nSPS) is 13.2. The number of benzene rings is 3. The van der Waals surface area contributed by atoms with Crippen LogP contribution >= 0.6 is 0 Å². The molecular formula is C26H25NO4S2. The van der Waals surface area contributed by atoms with E-state index < -0.39 is 24.9 Å². The third-order valence-electron chi connectivity index (χ3n) is 5.76. The maximum Gasteiger partial charge on any atom is 0.175 e. The van der Waals surface area contributed by atoms with Gasteiger partial charge in [0.2, 0.25) is 0 Å². The average Bonchev–Trinajstić information content (AvgIpc) is 2.78. The van der Waals surface area contributed by atoms with Crippen LogP contribution in [0.15, 0.2) is 83.9 Å². The molecule has 0 fully saturated rings. The van der Waals surface area contributed by atoms with E-state index in [1.807, 2.05) is 61.5 Å². The molecule has 7 heteroatoms. The summed E-state index contributed by atoms with van der Waals surface area (Å²) >= 11 is 0. The first-order chi connectivity index (χ1) is 15.6. The lowest BCUT2D eigenvalue weighted by atomic mass is 9.94. The van der Waals surface area contributed by atoms with Gasteiger partial charge in [0.15, 0.2) is 19.7 Å². The molecule has 4 rings (SSSR count). The molecule has 4 aromatic rings. The lowest BCUT2D eigenvalue weighted by Crippen LogP contribution is -2.10. The molecule has 1 aromatic heterocycles. The molecule has 0 radical (unpaired) electrons. The van der Waals surface area contributed by atoms with E-state index >= 15 is 0 Å². The van der Waals surface area contributed by atoms with E-state index in [0.717, 1.165) is 38.7 Å². The lowest BCUT2D eigenvalue weighted by molar-refractivity contribution is 0.585. The van der Waals surface area contributed by atoms with Crippen molar-refractivity contribution in [3.63, 3.8) is 0 Å². The van der Waals surface area contributed by atoms with E-state index in [4.69, 9.17) is 0 Å². The summed E-state index contributed by atoms with van der Waals surface area (Å²) in [5.74, 6) is 0. The van der Waals surface area contributed by atoms with Gasteiger partial charge in [0, 0.05) is 29.7 Å². The largest absolute Gasteiger partial charge is 0.256 e. The Morgan fingerprint density at radius 1 is 0.788 bits per heavy atom.